The first-order valence-corrected chi connectivity index (χ1v) is 10.1. The zero-order chi connectivity index (χ0) is 21.1. The molecule has 0 spiro atoms. The zero-order valence-electron chi connectivity index (χ0n) is 16.9. The highest BCUT2D eigenvalue weighted by molar-refractivity contribution is 5.73. The van der Waals surface area contributed by atoms with E-state index in [1.165, 1.54) is 12.5 Å². The van der Waals surface area contributed by atoms with E-state index in [9.17, 15) is 20.1 Å². The van der Waals surface area contributed by atoms with E-state index in [0.717, 1.165) is 32.3 Å². The van der Waals surface area contributed by atoms with Gasteiger partial charge in [0.05, 0.1) is 13.2 Å². The fraction of sp³-hybridized carbons (Fsp3) is 0.667. The van der Waals surface area contributed by atoms with Gasteiger partial charge < -0.3 is 34.8 Å². The lowest BCUT2D eigenvalue weighted by Crippen LogP contribution is -2.64. The van der Waals surface area contributed by atoms with Crippen LogP contribution in [-0.4, -0.2) is 71.7 Å². The molecule has 1 amide bonds. The molecule has 8 nitrogen and oxygen atoms in total. The summed E-state index contributed by atoms with van der Waals surface area (Å²) in [5, 5.41) is 32.5. The monoisotopic (exact) mass is 411 g/mol. The molecule has 0 aliphatic carbocycles. The molecule has 1 aromatic rings. The number of benzene rings is 1. The van der Waals surface area contributed by atoms with Gasteiger partial charge in [0.25, 0.3) is 0 Å². The summed E-state index contributed by atoms with van der Waals surface area (Å²) < 4.78 is 16.4. The maximum atomic E-state index is 11.1. The molecule has 1 aliphatic heterocycles. The zero-order valence-corrected chi connectivity index (χ0v) is 16.9. The van der Waals surface area contributed by atoms with Gasteiger partial charge in [-0.05, 0) is 18.4 Å². The van der Waals surface area contributed by atoms with Crippen LogP contribution < -0.4 is 5.32 Å². The first kappa shape index (κ1) is 23.7. The van der Waals surface area contributed by atoms with E-state index in [4.69, 9.17) is 14.2 Å². The third-order valence-electron chi connectivity index (χ3n) is 4.81. The van der Waals surface area contributed by atoms with Gasteiger partial charge in [0.15, 0.2) is 6.29 Å². The third-order valence-corrected chi connectivity index (χ3v) is 4.81. The van der Waals surface area contributed by atoms with Crippen LogP contribution in [-0.2, 0) is 25.6 Å². The minimum Gasteiger partial charge on any atom is -0.388 e. The van der Waals surface area contributed by atoms with Crippen LogP contribution in [0.15, 0.2) is 30.3 Å². The molecule has 5 atom stereocenters. The molecule has 1 saturated heterocycles. The highest BCUT2D eigenvalue weighted by atomic mass is 16.6. The number of nitrogens with one attached hydrogen (secondary N) is 1. The van der Waals surface area contributed by atoms with Crippen molar-refractivity contribution in [2.75, 3.05) is 19.8 Å². The van der Waals surface area contributed by atoms with Crippen molar-refractivity contribution in [1.29, 1.82) is 0 Å². The number of rotatable bonds is 12. The Morgan fingerprint density at radius 2 is 1.66 bits per heavy atom. The summed E-state index contributed by atoms with van der Waals surface area (Å²) in [7, 11) is 0. The number of hydrogen-bond donors (Lipinski definition) is 4. The first-order valence-electron chi connectivity index (χ1n) is 10.1. The summed E-state index contributed by atoms with van der Waals surface area (Å²) in [6.45, 7) is 3.18. The molecule has 1 aliphatic rings. The quantitative estimate of drug-likeness (QED) is 0.375. The highest BCUT2D eigenvalue weighted by Gasteiger charge is 2.44. The number of carbonyl (C=O) groups excluding carboxylic acids is 1. The van der Waals surface area contributed by atoms with Gasteiger partial charge in [-0.25, -0.2) is 0 Å². The number of amides is 1. The smallest absolute Gasteiger partial charge is 0.217 e. The Balaban J connectivity index is 1.49. The molecule has 1 aromatic carbocycles. The van der Waals surface area contributed by atoms with E-state index in [1.54, 1.807) is 0 Å². The van der Waals surface area contributed by atoms with Crippen LogP contribution in [0, 0.1) is 0 Å². The van der Waals surface area contributed by atoms with Gasteiger partial charge >= 0.3 is 0 Å². The van der Waals surface area contributed by atoms with E-state index in [2.05, 4.69) is 5.32 Å². The maximum absolute atomic E-state index is 11.1. The third kappa shape index (κ3) is 8.38. The summed E-state index contributed by atoms with van der Waals surface area (Å²) in [6.07, 6.45) is -0.946. The summed E-state index contributed by atoms with van der Waals surface area (Å²) in [6, 6.07) is 9.00. The van der Waals surface area contributed by atoms with Crippen LogP contribution in [0.1, 0.15) is 38.2 Å². The molecule has 1 fully saturated rings. The van der Waals surface area contributed by atoms with Crippen LogP contribution in [0.25, 0.3) is 0 Å². The average Bonchev–Trinajstić information content (AvgIpc) is 2.71. The van der Waals surface area contributed by atoms with E-state index in [-0.39, 0.29) is 6.61 Å². The number of aliphatic hydroxyl groups excluding tert-OH is 3. The SMILES string of the molecule is CC(=O)N[C@@H]1[C@@H](O)[C@H](O)[C@@H](COCCCCCCOCc2ccccc2)O[C@H]1O. The summed E-state index contributed by atoms with van der Waals surface area (Å²) in [4.78, 5) is 11.1. The van der Waals surface area contributed by atoms with E-state index < -0.39 is 36.6 Å². The van der Waals surface area contributed by atoms with Crippen LogP contribution in [0.2, 0.25) is 0 Å². The lowest BCUT2D eigenvalue weighted by atomic mass is 9.97. The second kappa shape index (κ2) is 12.9. The summed E-state index contributed by atoms with van der Waals surface area (Å²) >= 11 is 0. The lowest BCUT2D eigenvalue weighted by molar-refractivity contribution is -0.256. The normalized spacial score (nSPS) is 27.0. The second-order valence-corrected chi connectivity index (χ2v) is 7.30. The van der Waals surface area contributed by atoms with E-state index in [1.807, 2.05) is 30.3 Å². The van der Waals surface area contributed by atoms with Crippen molar-refractivity contribution in [2.45, 2.75) is 69.9 Å². The largest absolute Gasteiger partial charge is 0.388 e. The van der Waals surface area contributed by atoms with Gasteiger partial charge in [-0.15, -0.1) is 0 Å². The highest BCUT2D eigenvalue weighted by Crippen LogP contribution is 2.20. The molecule has 4 N–H and O–H groups in total. The standard InChI is InChI=1S/C21H33NO7/c1-15(23)22-18-20(25)19(24)17(29-21(18)26)14-28-12-8-3-2-7-11-27-13-16-9-5-4-6-10-16/h4-6,9-10,17-21,24-26H,2-3,7-8,11-14H2,1H3,(H,22,23)/t17-,18-,19-,20-,21-/m1/s1. The number of aliphatic hydroxyl groups is 3. The average molecular weight is 411 g/mol. The number of carbonyl (C=O) groups is 1. The van der Waals surface area contributed by atoms with Crippen molar-refractivity contribution in [3.05, 3.63) is 35.9 Å². The molecule has 0 saturated carbocycles. The summed E-state index contributed by atoms with van der Waals surface area (Å²) in [5.74, 6) is -0.427. The topological polar surface area (TPSA) is 117 Å². The molecule has 29 heavy (non-hydrogen) atoms. The van der Waals surface area contributed by atoms with Gasteiger partial charge in [-0.2, -0.15) is 0 Å². The van der Waals surface area contributed by atoms with Crippen molar-refractivity contribution < 1.29 is 34.3 Å². The van der Waals surface area contributed by atoms with Gasteiger partial charge in [0.2, 0.25) is 5.91 Å². The fourth-order valence-corrected chi connectivity index (χ4v) is 3.20. The van der Waals surface area contributed by atoms with E-state index >= 15 is 0 Å². The Bertz CT molecular complexity index is 586. The minimum atomic E-state index is -1.40. The van der Waals surface area contributed by atoms with Crippen LogP contribution >= 0.6 is 0 Å². The number of unbranched alkanes of at least 4 members (excludes halogenated alkanes) is 3. The molecule has 1 heterocycles. The van der Waals surface area contributed by atoms with Crippen LogP contribution in [0.5, 0.6) is 0 Å². The molecule has 2 rings (SSSR count). The fourth-order valence-electron chi connectivity index (χ4n) is 3.20. The molecule has 0 radical (unpaired) electrons. The molecule has 8 heteroatoms. The van der Waals surface area contributed by atoms with Crippen molar-refractivity contribution in [1.82, 2.24) is 5.32 Å². The second-order valence-electron chi connectivity index (χ2n) is 7.30. The van der Waals surface area contributed by atoms with Crippen molar-refractivity contribution >= 4 is 5.91 Å². The summed E-state index contributed by atoms with van der Waals surface area (Å²) in [5.41, 5.74) is 1.17. The minimum absolute atomic E-state index is 0.0578. The Morgan fingerprint density at radius 3 is 2.31 bits per heavy atom. The number of ether oxygens (including phenoxy) is 3. The van der Waals surface area contributed by atoms with Gasteiger partial charge in [0, 0.05) is 20.1 Å². The van der Waals surface area contributed by atoms with Crippen molar-refractivity contribution in [3.8, 4) is 0 Å². The predicted molar refractivity (Wildman–Crippen MR) is 106 cm³/mol. The molecule has 0 bridgehead atoms. The maximum Gasteiger partial charge on any atom is 0.217 e. The molecule has 0 unspecified atom stereocenters. The van der Waals surface area contributed by atoms with Crippen molar-refractivity contribution in [3.63, 3.8) is 0 Å². The predicted octanol–water partition coefficient (Wildman–Crippen LogP) is 0.724. The lowest BCUT2D eigenvalue weighted by Gasteiger charge is -2.40. The Morgan fingerprint density at radius 1 is 1.00 bits per heavy atom. The van der Waals surface area contributed by atoms with Gasteiger partial charge in [-0.3, -0.25) is 4.79 Å². The Kier molecular flexibility index (Phi) is 10.5. The van der Waals surface area contributed by atoms with Gasteiger partial charge in [0.1, 0.15) is 24.4 Å². The molecular formula is C21H33NO7. The Hall–Kier alpha value is -1.55. The van der Waals surface area contributed by atoms with E-state index in [0.29, 0.717) is 13.2 Å². The molecular weight excluding hydrogens is 378 g/mol. The van der Waals surface area contributed by atoms with Crippen LogP contribution in [0.3, 0.4) is 0 Å². The van der Waals surface area contributed by atoms with Crippen molar-refractivity contribution in [2.24, 2.45) is 0 Å². The first-order chi connectivity index (χ1) is 14.0. The van der Waals surface area contributed by atoms with Crippen LogP contribution in [0.4, 0.5) is 0 Å². The molecule has 164 valence electrons. The Labute approximate surface area is 171 Å². The number of hydrogen-bond acceptors (Lipinski definition) is 7. The molecule has 0 aromatic heterocycles. The van der Waals surface area contributed by atoms with Gasteiger partial charge in [-0.1, -0.05) is 43.2 Å².